The number of aromatic nitrogens is 1. The first kappa shape index (κ1) is 16.2. The van der Waals surface area contributed by atoms with Gasteiger partial charge in [0.1, 0.15) is 0 Å². The summed E-state index contributed by atoms with van der Waals surface area (Å²) >= 11 is 1.68. The molecule has 0 aliphatic carbocycles. The summed E-state index contributed by atoms with van der Waals surface area (Å²) in [4.78, 5) is 19.0. The summed E-state index contributed by atoms with van der Waals surface area (Å²) in [6.45, 7) is 4.08. The Morgan fingerprint density at radius 2 is 1.96 bits per heavy atom. The second-order valence-corrected chi connectivity index (χ2v) is 7.40. The van der Waals surface area contributed by atoms with Crippen LogP contribution in [0.1, 0.15) is 36.0 Å². The summed E-state index contributed by atoms with van der Waals surface area (Å²) in [6, 6.07) is 10.5. The zero-order chi connectivity index (χ0) is 16.1. The zero-order valence-electron chi connectivity index (χ0n) is 13.7. The maximum absolute atomic E-state index is 12.4. The SMILES string of the molecule is CC1CCN(C(=O)Cc2csc(CCc3ccccc3)n2)CC1. The van der Waals surface area contributed by atoms with Crippen molar-refractivity contribution in [3.8, 4) is 0 Å². The molecule has 1 fully saturated rings. The second kappa shape index (κ2) is 7.73. The number of rotatable bonds is 5. The number of amides is 1. The molecule has 1 aliphatic rings. The van der Waals surface area contributed by atoms with E-state index in [0.29, 0.717) is 6.42 Å². The van der Waals surface area contributed by atoms with Crippen LogP contribution in [-0.4, -0.2) is 28.9 Å². The maximum atomic E-state index is 12.4. The molecule has 0 N–H and O–H groups in total. The summed E-state index contributed by atoms with van der Waals surface area (Å²) in [7, 11) is 0. The maximum Gasteiger partial charge on any atom is 0.228 e. The van der Waals surface area contributed by atoms with Gasteiger partial charge in [-0.2, -0.15) is 0 Å². The van der Waals surface area contributed by atoms with Crippen molar-refractivity contribution in [1.82, 2.24) is 9.88 Å². The van der Waals surface area contributed by atoms with E-state index in [-0.39, 0.29) is 5.91 Å². The smallest absolute Gasteiger partial charge is 0.228 e. The third-order valence-corrected chi connectivity index (χ3v) is 5.50. The fourth-order valence-corrected chi connectivity index (χ4v) is 3.76. The molecule has 0 saturated carbocycles. The average Bonchev–Trinajstić information content (AvgIpc) is 3.02. The number of benzene rings is 1. The van der Waals surface area contributed by atoms with E-state index in [9.17, 15) is 4.79 Å². The van der Waals surface area contributed by atoms with E-state index >= 15 is 0 Å². The highest BCUT2D eigenvalue weighted by Crippen LogP contribution is 2.18. The van der Waals surface area contributed by atoms with Gasteiger partial charge in [0.2, 0.25) is 5.91 Å². The van der Waals surface area contributed by atoms with Crippen LogP contribution in [0.2, 0.25) is 0 Å². The van der Waals surface area contributed by atoms with Gasteiger partial charge in [0.05, 0.1) is 17.1 Å². The zero-order valence-corrected chi connectivity index (χ0v) is 14.5. The highest BCUT2D eigenvalue weighted by molar-refractivity contribution is 7.09. The highest BCUT2D eigenvalue weighted by atomic mass is 32.1. The molecule has 2 heterocycles. The quantitative estimate of drug-likeness (QED) is 0.838. The molecule has 0 bridgehead atoms. The molecular formula is C19H24N2OS. The number of thiazole rings is 1. The molecule has 4 heteroatoms. The van der Waals surface area contributed by atoms with Gasteiger partial charge in [-0.1, -0.05) is 37.3 Å². The molecule has 1 aromatic heterocycles. The molecule has 0 unspecified atom stereocenters. The Bertz CT molecular complexity index is 630. The van der Waals surface area contributed by atoms with E-state index in [1.54, 1.807) is 11.3 Å². The molecule has 2 aromatic rings. The molecular weight excluding hydrogens is 304 g/mol. The molecule has 0 spiro atoms. The predicted molar refractivity (Wildman–Crippen MR) is 94.6 cm³/mol. The molecule has 1 aliphatic heterocycles. The third kappa shape index (κ3) is 4.64. The Morgan fingerprint density at radius 3 is 2.70 bits per heavy atom. The van der Waals surface area contributed by atoms with Gasteiger partial charge in [0, 0.05) is 24.9 Å². The van der Waals surface area contributed by atoms with Gasteiger partial charge in [0.25, 0.3) is 0 Å². The van der Waals surface area contributed by atoms with Crippen LogP contribution < -0.4 is 0 Å². The van der Waals surface area contributed by atoms with Gasteiger partial charge in [-0.15, -0.1) is 11.3 Å². The Hall–Kier alpha value is -1.68. The fourth-order valence-electron chi connectivity index (χ4n) is 2.97. The Balaban J connectivity index is 1.50. The molecule has 1 aromatic carbocycles. The van der Waals surface area contributed by atoms with Gasteiger partial charge < -0.3 is 4.90 Å². The first-order chi connectivity index (χ1) is 11.2. The molecule has 3 rings (SSSR count). The van der Waals surface area contributed by atoms with E-state index in [2.05, 4.69) is 36.2 Å². The first-order valence-electron chi connectivity index (χ1n) is 8.45. The molecule has 0 radical (unpaired) electrons. The normalized spacial score (nSPS) is 15.8. The van der Waals surface area contributed by atoms with Crippen molar-refractivity contribution in [2.24, 2.45) is 5.92 Å². The van der Waals surface area contributed by atoms with Gasteiger partial charge in [0.15, 0.2) is 0 Å². The molecule has 3 nitrogen and oxygen atoms in total. The number of carbonyl (C=O) groups excluding carboxylic acids is 1. The minimum absolute atomic E-state index is 0.233. The lowest BCUT2D eigenvalue weighted by molar-refractivity contribution is -0.131. The standard InChI is InChI=1S/C19H24N2OS/c1-15-9-11-21(12-10-15)19(22)13-17-14-23-18(20-17)8-7-16-5-3-2-4-6-16/h2-6,14-15H,7-13H2,1H3. The number of piperidine rings is 1. The highest BCUT2D eigenvalue weighted by Gasteiger charge is 2.21. The number of nitrogens with zero attached hydrogens (tertiary/aromatic N) is 2. The van der Waals surface area contributed by atoms with Gasteiger partial charge in [-0.25, -0.2) is 4.98 Å². The molecule has 0 atom stereocenters. The molecule has 23 heavy (non-hydrogen) atoms. The summed E-state index contributed by atoms with van der Waals surface area (Å²) in [5.41, 5.74) is 2.27. The monoisotopic (exact) mass is 328 g/mol. The fraction of sp³-hybridized carbons (Fsp3) is 0.474. The summed E-state index contributed by atoms with van der Waals surface area (Å²) < 4.78 is 0. The van der Waals surface area contributed by atoms with Crippen molar-refractivity contribution in [2.45, 2.75) is 39.0 Å². The average molecular weight is 328 g/mol. The molecule has 1 amide bonds. The van der Waals surface area contributed by atoms with Crippen molar-refractivity contribution in [3.63, 3.8) is 0 Å². The number of likely N-dealkylation sites (tertiary alicyclic amines) is 1. The minimum Gasteiger partial charge on any atom is -0.342 e. The summed E-state index contributed by atoms with van der Waals surface area (Å²) in [5, 5.41) is 3.18. The molecule has 122 valence electrons. The predicted octanol–water partition coefficient (Wildman–Crippen LogP) is 3.73. The van der Waals surface area contributed by atoms with Crippen molar-refractivity contribution < 1.29 is 4.79 Å². The van der Waals surface area contributed by atoms with E-state index in [1.807, 2.05) is 16.3 Å². The van der Waals surface area contributed by atoms with Crippen LogP contribution in [0.4, 0.5) is 0 Å². The second-order valence-electron chi connectivity index (χ2n) is 6.46. The van der Waals surface area contributed by atoms with Crippen LogP contribution in [0.3, 0.4) is 0 Å². The van der Waals surface area contributed by atoms with Crippen molar-refractivity contribution in [1.29, 1.82) is 0 Å². The van der Waals surface area contributed by atoms with E-state index in [0.717, 1.165) is 55.4 Å². The number of carbonyl (C=O) groups is 1. The van der Waals surface area contributed by atoms with Gasteiger partial charge in [-0.3, -0.25) is 4.79 Å². The van der Waals surface area contributed by atoms with E-state index < -0.39 is 0 Å². The lowest BCUT2D eigenvalue weighted by Gasteiger charge is -2.30. The van der Waals surface area contributed by atoms with E-state index in [4.69, 9.17) is 0 Å². The van der Waals surface area contributed by atoms with Crippen LogP contribution in [0, 0.1) is 5.92 Å². The molecule has 1 saturated heterocycles. The van der Waals surface area contributed by atoms with Gasteiger partial charge in [-0.05, 0) is 30.7 Å². The Labute approximate surface area is 142 Å². The largest absolute Gasteiger partial charge is 0.342 e. The van der Waals surface area contributed by atoms with Crippen molar-refractivity contribution >= 4 is 17.2 Å². The Morgan fingerprint density at radius 1 is 1.22 bits per heavy atom. The van der Waals surface area contributed by atoms with Crippen LogP contribution in [-0.2, 0) is 24.1 Å². The number of aryl methyl sites for hydroxylation is 2. The third-order valence-electron chi connectivity index (χ3n) is 4.54. The van der Waals surface area contributed by atoms with Crippen LogP contribution in [0.25, 0.3) is 0 Å². The lowest BCUT2D eigenvalue weighted by Crippen LogP contribution is -2.38. The van der Waals surface area contributed by atoms with Crippen LogP contribution in [0.5, 0.6) is 0 Å². The summed E-state index contributed by atoms with van der Waals surface area (Å²) in [5.74, 6) is 0.986. The first-order valence-corrected chi connectivity index (χ1v) is 9.33. The van der Waals surface area contributed by atoms with E-state index in [1.165, 1.54) is 5.56 Å². The van der Waals surface area contributed by atoms with Gasteiger partial charge >= 0.3 is 0 Å². The number of hydrogen-bond acceptors (Lipinski definition) is 3. The topological polar surface area (TPSA) is 33.2 Å². The minimum atomic E-state index is 0.233. The van der Waals surface area contributed by atoms with Crippen molar-refractivity contribution in [2.75, 3.05) is 13.1 Å². The van der Waals surface area contributed by atoms with Crippen LogP contribution >= 0.6 is 11.3 Å². The van der Waals surface area contributed by atoms with Crippen LogP contribution in [0.15, 0.2) is 35.7 Å². The Kier molecular flexibility index (Phi) is 5.44. The van der Waals surface area contributed by atoms with Crippen molar-refractivity contribution in [3.05, 3.63) is 52.0 Å². The lowest BCUT2D eigenvalue weighted by atomic mass is 9.99. The summed E-state index contributed by atoms with van der Waals surface area (Å²) in [6.07, 6.45) is 4.67. The number of hydrogen-bond donors (Lipinski definition) is 0.